The number of nitro benzene ring substituents is 1. The molecule has 2 aromatic carbocycles. The first-order chi connectivity index (χ1) is 11.1. The highest BCUT2D eigenvalue weighted by molar-refractivity contribution is 6.30. The van der Waals surface area contributed by atoms with E-state index in [9.17, 15) is 10.1 Å². The number of anilines is 1. The smallest absolute Gasteiger partial charge is 0.269 e. The molecule has 2 heterocycles. The van der Waals surface area contributed by atoms with Crippen LogP contribution in [-0.2, 0) is 4.74 Å². The van der Waals surface area contributed by atoms with Gasteiger partial charge in [0.2, 0.25) is 0 Å². The summed E-state index contributed by atoms with van der Waals surface area (Å²) >= 11 is 6.12. The lowest BCUT2D eigenvalue weighted by atomic mass is 9.81. The Kier molecular flexibility index (Phi) is 3.47. The Morgan fingerprint density at radius 2 is 2.00 bits per heavy atom. The Morgan fingerprint density at radius 1 is 1.22 bits per heavy atom. The van der Waals surface area contributed by atoms with Crippen molar-refractivity contribution in [2.24, 2.45) is 5.92 Å². The van der Waals surface area contributed by atoms with E-state index >= 15 is 0 Å². The lowest BCUT2D eigenvalue weighted by molar-refractivity contribution is -0.384. The number of non-ortho nitro benzene ring substituents is 1. The van der Waals surface area contributed by atoms with E-state index in [4.69, 9.17) is 16.3 Å². The fourth-order valence-electron chi connectivity index (χ4n) is 3.58. The zero-order valence-corrected chi connectivity index (χ0v) is 13.0. The molecule has 0 amide bonds. The van der Waals surface area contributed by atoms with Gasteiger partial charge in [-0.05, 0) is 30.2 Å². The Bertz CT molecular complexity index is 763. The van der Waals surface area contributed by atoms with Crippen molar-refractivity contribution in [3.63, 3.8) is 0 Å². The minimum atomic E-state index is -0.378. The van der Waals surface area contributed by atoms with E-state index in [2.05, 4.69) is 5.32 Å². The number of benzene rings is 2. The van der Waals surface area contributed by atoms with Crippen LogP contribution in [0.2, 0.25) is 5.02 Å². The summed E-state index contributed by atoms with van der Waals surface area (Å²) < 4.78 is 5.95. The molecule has 0 radical (unpaired) electrons. The van der Waals surface area contributed by atoms with E-state index in [0.29, 0.717) is 17.5 Å². The highest BCUT2D eigenvalue weighted by atomic mass is 35.5. The first-order valence-electron chi connectivity index (χ1n) is 7.55. The van der Waals surface area contributed by atoms with Crippen LogP contribution in [0, 0.1) is 16.0 Å². The van der Waals surface area contributed by atoms with Crippen LogP contribution in [0.1, 0.15) is 29.7 Å². The van der Waals surface area contributed by atoms with E-state index in [1.807, 2.05) is 30.3 Å². The number of fused-ring (bicyclic) bond motifs is 3. The molecule has 2 aliphatic rings. The molecule has 1 saturated heterocycles. The Morgan fingerprint density at radius 3 is 2.74 bits per heavy atom. The van der Waals surface area contributed by atoms with Gasteiger partial charge in [-0.2, -0.15) is 0 Å². The molecule has 2 aromatic rings. The van der Waals surface area contributed by atoms with Crippen molar-refractivity contribution in [2.75, 3.05) is 11.9 Å². The highest BCUT2D eigenvalue weighted by Gasteiger charge is 2.41. The van der Waals surface area contributed by atoms with Crippen molar-refractivity contribution in [3.05, 3.63) is 68.7 Å². The monoisotopic (exact) mass is 330 g/mol. The molecule has 0 spiro atoms. The van der Waals surface area contributed by atoms with E-state index < -0.39 is 0 Å². The summed E-state index contributed by atoms with van der Waals surface area (Å²) in [6.07, 6.45) is 0.968. The molecule has 118 valence electrons. The number of nitrogens with zero attached hydrogens (tertiary/aromatic N) is 1. The van der Waals surface area contributed by atoms with E-state index in [-0.39, 0.29) is 22.8 Å². The predicted octanol–water partition coefficient (Wildman–Crippen LogP) is 4.49. The SMILES string of the molecule is O=[N+]([O-])c1ccc([C@H]2Nc3ccc(Cl)cc3[C@@H]3OCC[C@H]23)cc1. The molecular formula is C17H15ClN2O3. The van der Waals surface area contributed by atoms with Crippen LogP contribution in [0.5, 0.6) is 0 Å². The average Bonchev–Trinajstić information content (AvgIpc) is 3.04. The molecule has 0 aromatic heterocycles. The average molecular weight is 331 g/mol. The largest absolute Gasteiger partial charge is 0.378 e. The zero-order chi connectivity index (χ0) is 16.0. The Balaban J connectivity index is 1.72. The van der Waals surface area contributed by atoms with Crippen molar-refractivity contribution >= 4 is 23.0 Å². The van der Waals surface area contributed by atoms with Gasteiger partial charge in [0.25, 0.3) is 5.69 Å². The molecule has 4 rings (SSSR count). The summed E-state index contributed by atoms with van der Waals surface area (Å²) in [5, 5.41) is 15.1. The summed E-state index contributed by atoms with van der Waals surface area (Å²) in [6, 6.07) is 12.6. The van der Waals surface area contributed by atoms with Crippen molar-refractivity contribution in [2.45, 2.75) is 18.6 Å². The van der Waals surface area contributed by atoms with E-state index in [1.165, 1.54) is 0 Å². The summed E-state index contributed by atoms with van der Waals surface area (Å²) in [5.41, 5.74) is 3.26. The second-order valence-corrected chi connectivity index (χ2v) is 6.38. The fourth-order valence-corrected chi connectivity index (χ4v) is 3.76. The van der Waals surface area contributed by atoms with Crippen molar-refractivity contribution in [1.29, 1.82) is 0 Å². The number of ether oxygens (including phenoxy) is 1. The van der Waals surface area contributed by atoms with Gasteiger partial charge in [0.15, 0.2) is 0 Å². The van der Waals surface area contributed by atoms with Gasteiger partial charge in [0, 0.05) is 40.9 Å². The number of halogens is 1. The number of nitro groups is 1. The second kappa shape index (κ2) is 5.51. The number of hydrogen-bond donors (Lipinski definition) is 1. The van der Waals surface area contributed by atoms with E-state index in [0.717, 1.165) is 23.2 Å². The van der Waals surface area contributed by atoms with Crippen LogP contribution in [0.25, 0.3) is 0 Å². The van der Waals surface area contributed by atoms with Gasteiger partial charge in [0.1, 0.15) is 0 Å². The normalized spacial score (nSPS) is 25.3. The van der Waals surface area contributed by atoms with Gasteiger partial charge >= 0.3 is 0 Å². The van der Waals surface area contributed by atoms with Crippen molar-refractivity contribution in [3.8, 4) is 0 Å². The zero-order valence-electron chi connectivity index (χ0n) is 12.2. The maximum atomic E-state index is 10.8. The number of rotatable bonds is 2. The summed E-state index contributed by atoms with van der Waals surface area (Å²) in [4.78, 5) is 10.4. The molecule has 5 nitrogen and oxygen atoms in total. The minimum absolute atomic E-state index is 0.0186. The number of nitrogens with one attached hydrogen (secondary N) is 1. The Hall–Kier alpha value is -2.11. The third-order valence-electron chi connectivity index (χ3n) is 4.66. The first-order valence-corrected chi connectivity index (χ1v) is 7.93. The lowest BCUT2D eigenvalue weighted by Gasteiger charge is -2.36. The van der Waals surface area contributed by atoms with Gasteiger partial charge in [0.05, 0.1) is 17.1 Å². The maximum Gasteiger partial charge on any atom is 0.269 e. The molecule has 0 aliphatic carbocycles. The molecule has 0 bridgehead atoms. The summed E-state index contributed by atoms with van der Waals surface area (Å²) in [6.45, 7) is 0.715. The summed E-state index contributed by atoms with van der Waals surface area (Å²) in [5.74, 6) is 0.294. The van der Waals surface area contributed by atoms with Crippen LogP contribution in [-0.4, -0.2) is 11.5 Å². The standard InChI is InChI=1S/C17H15ClN2O3/c18-11-3-6-15-14(9-11)17-13(7-8-23-17)16(19-15)10-1-4-12(5-2-10)20(21)22/h1-6,9,13,16-17,19H,7-8H2/t13-,16-,17-/m1/s1. The molecule has 3 atom stereocenters. The second-order valence-electron chi connectivity index (χ2n) is 5.95. The Labute approximate surface area is 138 Å². The van der Waals surface area contributed by atoms with Gasteiger partial charge in [-0.3, -0.25) is 10.1 Å². The van der Waals surface area contributed by atoms with Crippen LogP contribution in [0.4, 0.5) is 11.4 Å². The van der Waals surface area contributed by atoms with Crippen LogP contribution in [0.3, 0.4) is 0 Å². The van der Waals surface area contributed by atoms with Gasteiger partial charge < -0.3 is 10.1 Å². The van der Waals surface area contributed by atoms with Gasteiger partial charge in [-0.25, -0.2) is 0 Å². The quantitative estimate of drug-likeness (QED) is 0.650. The lowest BCUT2D eigenvalue weighted by Crippen LogP contribution is -2.29. The first kappa shape index (κ1) is 14.5. The van der Waals surface area contributed by atoms with Gasteiger partial charge in [-0.1, -0.05) is 23.7 Å². The minimum Gasteiger partial charge on any atom is -0.378 e. The van der Waals surface area contributed by atoms with Crippen molar-refractivity contribution in [1.82, 2.24) is 0 Å². The molecule has 1 fully saturated rings. The molecule has 2 aliphatic heterocycles. The molecular weight excluding hydrogens is 316 g/mol. The molecule has 1 N–H and O–H groups in total. The molecule has 6 heteroatoms. The van der Waals surface area contributed by atoms with E-state index in [1.54, 1.807) is 12.1 Å². The predicted molar refractivity (Wildman–Crippen MR) is 87.7 cm³/mol. The molecule has 0 unspecified atom stereocenters. The van der Waals surface area contributed by atoms with Gasteiger partial charge in [-0.15, -0.1) is 0 Å². The van der Waals surface area contributed by atoms with Crippen LogP contribution in [0.15, 0.2) is 42.5 Å². The van der Waals surface area contributed by atoms with Crippen LogP contribution >= 0.6 is 11.6 Å². The fraction of sp³-hybridized carbons (Fsp3) is 0.294. The van der Waals surface area contributed by atoms with Crippen LogP contribution < -0.4 is 5.32 Å². The maximum absolute atomic E-state index is 10.8. The van der Waals surface area contributed by atoms with Crippen molar-refractivity contribution < 1.29 is 9.66 Å². The molecule has 23 heavy (non-hydrogen) atoms. The third kappa shape index (κ3) is 2.46. The topological polar surface area (TPSA) is 64.4 Å². The molecule has 0 saturated carbocycles. The number of hydrogen-bond acceptors (Lipinski definition) is 4. The summed E-state index contributed by atoms with van der Waals surface area (Å²) in [7, 11) is 0. The highest BCUT2D eigenvalue weighted by Crippen LogP contribution is 2.50. The third-order valence-corrected chi connectivity index (χ3v) is 4.89.